The van der Waals surface area contributed by atoms with Gasteiger partial charge in [-0.25, -0.2) is 0 Å². The van der Waals surface area contributed by atoms with Gasteiger partial charge in [-0.15, -0.1) is 0 Å². The van der Waals surface area contributed by atoms with Crippen molar-refractivity contribution in [1.82, 2.24) is 0 Å². The molecule has 0 saturated heterocycles. The Morgan fingerprint density at radius 3 is 1.38 bits per heavy atom. The van der Waals surface area contributed by atoms with E-state index in [0.29, 0.717) is 19.3 Å². The van der Waals surface area contributed by atoms with Gasteiger partial charge >= 0.3 is 106 Å². The molecule has 0 aromatic heterocycles. The number of hydrogen-bond acceptors (Lipinski definition) is 3. The van der Waals surface area contributed by atoms with E-state index in [1.807, 2.05) is 0 Å². The van der Waals surface area contributed by atoms with Crippen molar-refractivity contribution in [2.45, 2.75) is 26.2 Å². The first-order valence-corrected chi connectivity index (χ1v) is 10.4. The molecule has 0 aliphatic carbocycles. The normalized spacial score (nSPS) is 12.8. The van der Waals surface area contributed by atoms with Gasteiger partial charge in [0.15, 0.2) is 0 Å². The minimum atomic E-state index is -2.16. The van der Waals surface area contributed by atoms with Crippen molar-refractivity contribution in [2.24, 2.45) is 0 Å². The summed E-state index contributed by atoms with van der Waals surface area (Å²) in [6, 6.07) is 6.52. The van der Waals surface area contributed by atoms with Crippen LogP contribution in [0.4, 0.5) is 0 Å². The van der Waals surface area contributed by atoms with Gasteiger partial charge in [-0.2, -0.15) is 0 Å². The van der Waals surface area contributed by atoms with Crippen molar-refractivity contribution in [2.75, 3.05) is 24.6 Å². The molecule has 0 aliphatic heterocycles. The maximum atomic E-state index is 8.71. The summed E-state index contributed by atoms with van der Waals surface area (Å²) in [7, 11) is 0. The first-order valence-electron chi connectivity index (χ1n) is 5.37. The second kappa shape index (κ2) is 6.85. The summed E-state index contributed by atoms with van der Waals surface area (Å²) in [6.07, 6.45) is 4.94. The third-order valence-electron chi connectivity index (χ3n) is 3.14. The van der Waals surface area contributed by atoms with Crippen molar-refractivity contribution >= 4 is 20.8 Å². The summed E-state index contributed by atoms with van der Waals surface area (Å²) in [5.74, 6) is 0. The molecule has 0 amide bonds. The topological polar surface area (TPSA) is 71.4 Å². The van der Waals surface area contributed by atoms with Gasteiger partial charge in [-0.05, 0) is 0 Å². The van der Waals surface area contributed by atoms with E-state index < -0.39 is 5.31 Å². The quantitative estimate of drug-likeness (QED) is 0.674. The van der Waals surface area contributed by atoms with Gasteiger partial charge in [0.2, 0.25) is 0 Å². The van der Waals surface area contributed by atoms with Gasteiger partial charge in [-0.1, -0.05) is 0 Å². The second-order valence-corrected chi connectivity index (χ2v) is 15.7. The van der Waals surface area contributed by atoms with Crippen molar-refractivity contribution in [3.8, 4) is 18.2 Å². The number of hydrogen-bond donors (Lipinski definition) is 0. The molecule has 0 bridgehead atoms. The van der Waals surface area contributed by atoms with Gasteiger partial charge in [0.05, 0.1) is 0 Å². The summed E-state index contributed by atoms with van der Waals surface area (Å²) < 4.78 is 0. The summed E-state index contributed by atoms with van der Waals surface area (Å²) >= 11 is 3.87. The fourth-order valence-corrected chi connectivity index (χ4v) is 6.99. The van der Waals surface area contributed by atoms with Gasteiger partial charge in [0.25, 0.3) is 0 Å². The second-order valence-electron chi connectivity index (χ2n) is 4.03. The summed E-state index contributed by atoms with van der Waals surface area (Å²) in [4.78, 5) is 0. The van der Waals surface area contributed by atoms with Crippen LogP contribution in [0.1, 0.15) is 26.2 Å². The predicted octanol–water partition coefficient (Wildman–Crippen LogP) is 3.61. The zero-order valence-corrected chi connectivity index (χ0v) is 12.1. The Kier molecular flexibility index (Phi) is 6.59. The predicted molar refractivity (Wildman–Crippen MR) is 71.7 cm³/mol. The van der Waals surface area contributed by atoms with E-state index in [4.69, 9.17) is 15.8 Å². The van der Waals surface area contributed by atoms with Crippen LogP contribution in [0.5, 0.6) is 0 Å². The van der Waals surface area contributed by atoms with Gasteiger partial charge in [-0.3, -0.25) is 0 Å². The molecule has 0 fully saturated rings. The zero-order valence-electron chi connectivity index (χ0n) is 9.62. The number of rotatable bonds is 7. The minimum absolute atomic E-state index is 0.508. The molecule has 88 valence electrons. The monoisotopic (exact) mass is 301 g/mol. The molecule has 0 saturated carbocycles. The van der Waals surface area contributed by atoms with Crippen LogP contribution in [-0.2, 0) is 0 Å². The molecule has 0 aliphatic rings. The van der Waals surface area contributed by atoms with Crippen LogP contribution >= 0.6 is 20.8 Å². The molecule has 0 N–H and O–H groups in total. The fraction of sp³-hybridized carbons (Fsp3) is 0.727. The van der Waals surface area contributed by atoms with Crippen molar-refractivity contribution in [1.29, 1.82) is 15.8 Å². The van der Waals surface area contributed by atoms with Crippen LogP contribution < -0.4 is 0 Å². The Morgan fingerprint density at radius 1 is 0.875 bits per heavy atom. The van der Waals surface area contributed by atoms with Crippen LogP contribution in [0.3, 0.4) is 0 Å². The number of halogens is 1. The van der Waals surface area contributed by atoms with Crippen LogP contribution in [0.15, 0.2) is 0 Å². The summed E-state index contributed by atoms with van der Waals surface area (Å²) in [5, 5.41) is 24.0. The van der Waals surface area contributed by atoms with Crippen LogP contribution in [0.2, 0.25) is 0 Å². The van der Waals surface area contributed by atoms with E-state index >= 15 is 0 Å². The average Bonchev–Trinajstić information content (AvgIpc) is 2.32. The number of nitrogens with zero attached hydrogens (tertiary/aromatic N) is 3. The Labute approximate surface area is 106 Å². The zero-order chi connectivity index (χ0) is 12.5. The van der Waals surface area contributed by atoms with Crippen LogP contribution in [0.25, 0.3) is 0 Å². The standard InChI is InChI=1S/C11H17BrN3P/c1-2-16(12,9-3-6-13,10-4-7-14)11-5-8-15/h2-5,9-11H2,1H3. The Balaban J connectivity index is 4.86. The van der Waals surface area contributed by atoms with E-state index in [1.165, 1.54) is 0 Å². The molecule has 3 nitrogen and oxygen atoms in total. The molecule has 0 aromatic rings. The molecule has 0 aromatic carbocycles. The molecular formula is C11H17BrN3P. The molecule has 0 spiro atoms. The Morgan fingerprint density at radius 2 is 1.19 bits per heavy atom. The van der Waals surface area contributed by atoms with Gasteiger partial charge in [0, 0.05) is 0 Å². The summed E-state index contributed by atoms with van der Waals surface area (Å²) in [6.45, 7) is 2.10. The molecular weight excluding hydrogens is 285 g/mol. The first-order chi connectivity index (χ1) is 7.54. The van der Waals surface area contributed by atoms with E-state index in [0.717, 1.165) is 24.6 Å². The van der Waals surface area contributed by atoms with E-state index in [9.17, 15) is 0 Å². The molecule has 0 radical (unpaired) electrons. The Hall–Kier alpha value is -0.620. The van der Waals surface area contributed by atoms with E-state index in [-0.39, 0.29) is 0 Å². The molecule has 5 heteroatoms. The Bertz CT molecular complexity index is 299. The summed E-state index contributed by atoms with van der Waals surface area (Å²) in [5.41, 5.74) is 0. The van der Waals surface area contributed by atoms with Gasteiger partial charge < -0.3 is 0 Å². The molecule has 0 atom stereocenters. The third-order valence-corrected chi connectivity index (χ3v) is 13.4. The fourth-order valence-electron chi connectivity index (χ4n) is 1.80. The van der Waals surface area contributed by atoms with Crippen molar-refractivity contribution in [3.63, 3.8) is 0 Å². The van der Waals surface area contributed by atoms with E-state index in [1.54, 1.807) is 0 Å². The third kappa shape index (κ3) is 4.49. The molecule has 0 unspecified atom stereocenters. The molecule has 0 rings (SSSR count). The average molecular weight is 302 g/mol. The molecule has 16 heavy (non-hydrogen) atoms. The van der Waals surface area contributed by atoms with Crippen LogP contribution in [-0.4, -0.2) is 24.6 Å². The van der Waals surface area contributed by atoms with Crippen molar-refractivity contribution < 1.29 is 0 Å². The maximum absolute atomic E-state index is 8.71. The number of nitriles is 3. The van der Waals surface area contributed by atoms with Crippen LogP contribution in [0, 0.1) is 34.0 Å². The SMILES string of the molecule is CCP(Br)(CCC#N)(CCC#N)CCC#N. The van der Waals surface area contributed by atoms with E-state index in [2.05, 4.69) is 40.6 Å². The first kappa shape index (κ1) is 15.4. The van der Waals surface area contributed by atoms with Crippen molar-refractivity contribution in [3.05, 3.63) is 0 Å². The molecule has 0 heterocycles. The van der Waals surface area contributed by atoms with Gasteiger partial charge in [0.1, 0.15) is 0 Å².